The quantitative estimate of drug-likeness (QED) is 0.260. The molecule has 0 aliphatic carbocycles. The molecule has 2 aromatic carbocycles. The Hall–Kier alpha value is -3.39. The maximum Gasteiger partial charge on any atom is 0.323 e. The van der Waals surface area contributed by atoms with Crippen LogP contribution in [-0.4, -0.2) is 21.0 Å². The van der Waals surface area contributed by atoms with Crippen molar-refractivity contribution in [2.24, 2.45) is 0 Å². The zero-order valence-corrected chi connectivity index (χ0v) is 20.1. The monoisotopic (exact) mass is 513 g/mol. The number of hydrogen-bond acceptors (Lipinski definition) is 5. The number of halogens is 3. The van der Waals surface area contributed by atoms with Gasteiger partial charge in [-0.25, -0.2) is 19.7 Å². The van der Waals surface area contributed by atoms with Crippen LogP contribution in [-0.2, 0) is 6.42 Å². The number of urea groups is 1. The van der Waals surface area contributed by atoms with Gasteiger partial charge in [0, 0.05) is 24.5 Å². The highest BCUT2D eigenvalue weighted by atomic mass is 35.5. The van der Waals surface area contributed by atoms with E-state index in [9.17, 15) is 4.79 Å². The van der Waals surface area contributed by atoms with Crippen LogP contribution in [0.4, 0.5) is 16.2 Å². The molecule has 2 amide bonds. The zero-order chi connectivity index (χ0) is 24.1. The van der Waals surface area contributed by atoms with Crippen molar-refractivity contribution in [3.05, 3.63) is 87.9 Å². The van der Waals surface area contributed by atoms with Crippen molar-refractivity contribution >= 4 is 52.2 Å². The molecule has 4 aromatic rings. The van der Waals surface area contributed by atoms with Gasteiger partial charge >= 0.3 is 6.03 Å². The predicted molar refractivity (Wildman–Crippen MR) is 135 cm³/mol. The molecular weight excluding hydrogens is 497 g/mol. The second-order valence-electron chi connectivity index (χ2n) is 7.02. The number of benzene rings is 2. The Balaban J connectivity index is 1.45. The number of nitrogens with one attached hydrogen (secondary N) is 2. The first-order valence-corrected chi connectivity index (χ1v) is 11.3. The third-order valence-corrected chi connectivity index (χ3v) is 5.69. The summed E-state index contributed by atoms with van der Waals surface area (Å²) >= 11 is 18.0. The van der Waals surface area contributed by atoms with E-state index in [4.69, 9.17) is 39.5 Å². The summed E-state index contributed by atoms with van der Waals surface area (Å²) in [5, 5.41) is 6.21. The number of carbonyl (C=O) groups excluding carboxylic acids is 1. The van der Waals surface area contributed by atoms with Gasteiger partial charge < -0.3 is 15.4 Å². The summed E-state index contributed by atoms with van der Waals surface area (Å²) in [7, 11) is 0. The van der Waals surface area contributed by atoms with E-state index >= 15 is 0 Å². The number of hydrogen-bond donors (Lipinski definition) is 2. The van der Waals surface area contributed by atoms with Gasteiger partial charge in [-0.3, -0.25) is 0 Å². The lowest BCUT2D eigenvalue weighted by Gasteiger charge is -2.12. The number of ether oxygens (including phenoxy) is 1. The highest BCUT2D eigenvalue weighted by Gasteiger charge is 2.12. The number of aromatic nitrogens is 3. The molecule has 0 radical (unpaired) electrons. The fourth-order valence-corrected chi connectivity index (χ4v) is 3.60. The zero-order valence-electron chi connectivity index (χ0n) is 17.8. The van der Waals surface area contributed by atoms with Crippen LogP contribution in [0.2, 0.25) is 15.1 Å². The van der Waals surface area contributed by atoms with Crippen molar-refractivity contribution in [3.8, 4) is 22.9 Å². The molecule has 2 aromatic heterocycles. The SMILES string of the molecule is CCc1nccc(-c2cccnc2Oc2ccc(NC(=O)Nc3cc(Cl)c(Cl)cc3Cl)cc2)n1. The van der Waals surface area contributed by atoms with Crippen molar-refractivity contribution in [1.29, 1.82) is 0 Å². The Morgan fingerprint density at radius 1 is 0.912 bits per heavy atom. The highest BCUT2D eigenvalue weighted by Crippen LogP contribution is 2.33. The van der Waals surface area contributed by atoms with Crippen LogP contribution in [0.1, 0.15) is 12.7 Å². The number of carbonyl (C=O) groups is 1. The molecule has 0 saturated carbocycles. The summed E-state index contributed by atoms with van der Waals surface area (Å²) in [5.41, 5.74) is 2.36. The van der Waals surface area contributed by atoms with Gasteiger partial charge in [0.1, 0.15) is 11.6 Å². The summed E-state index contributed by atoms with van der Waals surface area (Å²) in [6.07, 6.45) is 4.09. The summed E-state index contributed by atoms with van der Waals surface area (Å²) in [4.78, 5) is 25.5. The largest absolute Gasteiger partial charge is 0.438 e. The van der Waals surface area contributed by atoms with Crippen molar-refractivity contribution in [2.75, 3.05) is 10.6 Å². The van der Waals surface area contributed by atoms with E-state index in [2.05, 4.69) is 25.6 Å². The van der Waals surface area contributed by atoms with Gasteiger partial charge in [-0.1, -0.05) is 41.7 Å². The van der Waals surface area contributed by atoms with Gasteiger partial charge in [0.2, 0.25) is 5.88 Å². The van der Waals surface area contributed by atoms with Gasteiger partial charge in [0.15, 0.2) is 0 Å². The Bertz CT molecular complexity index is 1330. The Morgan fingerprint density at radius 3 is 2.44 bits per heavy atom. The van der Waals surface area contributed by atoms with Crippen LogP contribution < -0.4 is 15.4 Å². The molecule has 0 fully saturated rings. The lowest BCUT2D eigenvalue weighted by molar-refractivity contribution is 0.262. The number of rotatable bonds is 6. The molecule has 0 aliphatic rings. The molecule has 7 nitrogen and oxygen atoms in total. The van der Waals surface area contributed by atoms with E-state index < -0.39 is 6.03 Å². The van der Waals surface area contributed by atoms with Crippen LogP contribution in [0.15, 0.2) is 67.0 Å². The number of nitrogens with zero attached hydrogens (tertiary/aromatic N) is 3. The van der Waals surface area contributed by atoms with Crippen LogP contribution in [0.25, 0.3) is 11.3 Å². The van der Waals surface area contributed by atoms with E-state index in [0.29, 0.717) is 28.0 Å². The molecule has 0 saturated heterocycles. The van der Waals surface area contributed by atoms with Crippen LogP contribution in [0, 0.1) is 0 Å². The Kier molecular flexibility index (Phi) is 7.47. The highest BCUT2D eigenvalue weighted by molar-refractivity contribution is 6.44. The molecule has 0 unspecified atom stereocenters. The van der Waals surface area contributed by atoms with Gasteiger partial charge in [-0.05, 0) is 54.6 Å². The molecule has 0 spiro atoms. The predicted octanol–water partition coefficient (Wildman–Crippen LogP) is 7.50. The maximum atomic E-state index is 12.3. The van der Waals surface area contributed by atoms with Gasteiger partial charge in [0.05, 0.1) is 32.0 Å². The molecule has 2 N–H and O–H groups in total. The van der Waals surface area contributed by atoms with Gasteiger partial charge in [-0.2, -0.15) is 0 Å². The first-order valence-electron chi connectivity index (χ1n) is 10.2. The summed E-state index contributed by atoms with van der Waals surface area (Å²) < 4.78 is 5.99. The first kappa shape index (κ1) is 23.8. The number of anilines is 2. The fraction of sp³-hybridized carbons (Fsp3) is 0.0833. The van der Waals surface area contributed by atoms with E-state index in [1.807, 2.05) is 25.1 Å². The van der Waals surface area contributed by atoms with Crippen LogP contribution in [0.5, 0.6) is 11.6 Å². The molecule has 4 rings (SSSR count). The number of amides is 2. The number of pyridine rings is 1. The fourth-order valence-electron chi connectivity index (χ4n) is 3.01. The Labute approximate surface area is 211 Å². The minimum absolute atomic E-state index is 0.272. The molecule has 34 heavy (non-hydrogen) atoms. The van der Waals surface area contributed by atoms with Crippen LogP contribution >= 0.6 is 34.8 Å². The van der Waals surface area contributed by atoms with Crippen molar-refractivity contribution < 1.29 is 9.53 Å². The Morgan fingerprint density at radius 2 is 1.68 bits per heavy atom. The third-order valence-electron chi connectivity index (χ3n) is 4.65. The minimum atomic E-state index is -0.489. The van der Waals surface area contributed by atoms with E-state index in [1.54, 1.807) is 36.7 Å². The lowest BCUT2D eigenvalue weighted by atomic mass is 10.2. The second-order valence-corrected chi connectivity index (χ2v) is 8.24. The minimum Gasteiger partial charge on any atom is -0.438 e. The molecule has 10 heteroatoms. The van der Waals surface area contributed by atoms with E-state index in [-0.39, 0.29) is 10.0 Å². The average molecular weight is 515 g/mol. The van der Waals surface area contributed by atoms with E-state index in [1.165, 1.54) is 12.1 Å². The smallest absolute Gasteiger partial charge is 0.323 e. The molecular formula is C24H18Cl3N5O2. The van der Waals surface area contributed by atoms with E-state index in [0.717, 1.165) is 23.5 Å². The normalized spacial score (nSPS) is 10.6. The summed E-state index contributed by atoms with van der Waals surface area (Å²) in [5.74, 6) is 1.70. The lowest BCUT2D eigenvalue weighted by Crippen LogP contribution is -2.19. The van der Waals surface area contributed by atoms with Crippen molar-refractivity contribution in [1.82, 2.24) is 15.0 Å². The number of aryl methyl sites for hydroxylation is 1. The van der Waals surface area contributed by atoms with Crippen molar-refractivity contribution in [2.45, 2.75) is 13.3 Å². The maximum absolute atomic E-state index is 12.3. The van der Waals surface area contributed by atoms with Crippen molar-refractivity contribution in [3.63, 3.8) is 0 Å². The molecule has 0 aliphatic heterocycles. The average Bonchev–Trinajstić information content (AvgIpc) is 2.84. The van der Waals surface area contributed by atoms with Crippen LogP contribution in [0.3, 0.4) is 0 Å². The summed E-state index contributed by atoms with van der Waals surface area (Å²) in [6, 6.07) is 14.8. The van der Waals surface area contributed by atoms with Gasteiger partial charge in [0.25, 0.3) is 0 Å². The first-order chi connectivity index (χ1) is 16.4. The third kappa shape index (κ3) is 5.75. The standard InChI is InChI=1S/C24H18Cl3N5O2/c1-2-22-28-11-9-20(31-22)16-4-3-10-29-23(16)34-15-7-5-14(6-8-15)30-24(33)32-21-13-18(26)17(25)12-19(21)27/h3-13H,2H2,1H3,(H2,30,32,33). The molecule has 172 valence electrons. The molecule has 2 heterocycles. The second kappa shape index (κ2) is 10.7. The van der Waals surface area contributed by atoms with Gasteiger partial charge in [-0.15, -0.1) is 0 Å². The topological polar surface area (TPSA) is 89.0 Å². The molecule has 0 atom stereocenters. The summed E-state index contributed by atoms with van der Waals surface area (Å²) in [6.45, 7) is 1.99. The molecule has 0 bridgehead atoms.